The molecule has 0 radical (unpaired) electrons. The third-order valence-corrected chi connectivity index (χ3v) is 4.15. The number of nitrogens with zero attached hydrogens (tertiary/aromatic N) is 4. The van der Waals surface area contributed by atoms with Gasteiger partial charge >= 0.3 is 0 Å². The van der Waals surface area contributed by atoms with Crippen LogP contribution in [0.4, 0.5) is 0 Å². The van der Waals surface area contributed by atoms with Gasteiger partial charge in [-0.2, -0.15) is 10.2 Å². The fourth-order valence-corrected chi connectivity index (χ4v) is 3.04. The van der Waals surface area contributed by atoms with Crippen LogP contribution in [0.15, 0.2) is 24.8 Å². The molecule has 1 fully saturated rings. The molecule has 0 atom stereocenters. The van der Waals surface area contributed by atoms with Gasteiger partial charge in [0.05, 0.1) is 18.4 Å². The summed E-state index contributed by atoms with van der Waals surface area (Å²) in [4.78, 5) is 0. The van der Waals surface area contributed by atoms with Crippen molar-refractivity contribution in [1.82, 2.24) is 24.9 Å². The standard InChI is InChI=1S/C16H25N5/c1-2-7-20-12-14(10-18-20)8-17-9-15-11-19-21(13-15)16-5-3-4-6-16/h10-13,16-17H,2-9H2,1H3. The zero-order valence-electron chi connectivity index (χ0n) is 12.8. The first-order valence-corrected chi connectivity index (χ1v) is 8.10. The van der Waals surface area contributed by atoms with Gasteiger partial charge in [-0.15, -0.1) is 0 Å². The van der Waals surface area contributed by atoms with Crippen molar-refractivity contribution in [1.29, 1.82) is 0 Å². The number of aromatic nitrogens is 4. The second-order valence-electron chi connectivity index (χ2n) is 5.98. The number of hydrogen-bond acceptors (Lipinski definition) is 3. The van der Waals surface area contributed by atoms with E-state index in [1.54, 1.807) is 0 Å². The van der Waals surface area contributed by atoms with Gasteiger partial charge in [0.15, 0.2) is 0 Å². The molecule has 21 heavy (non-hydrogen) atoms. The molecule has 0 unspecified atom stereocenters. The Kier molecular flexibility index (Phi) is 4.70. The van der Waals surface area contributed by atoms with Crippen LogP contribution in [-0.4, -0.2) is 19.6 Å². The molecule has 0 bridgehead atoms. The summed E-state index contributed by atoms with van der Waals surface area (Å²) in [5.41, 5.74) is 2.51. The summed E-state index contributed by atoms with van der Waals surface area (Å²) in [6.07, 6.45) is 14.6. The highest BCUT2D eigenvalue weighted by molar-refractivity contribution is 5.07. The maximum absolute atomic E-state index is 4.51. The van der Waals surface area contributed by atoms with Crippen LogP contribution in [0.25, 0.3) is 0 Å². The molecule has 1 saturated carbocycles. The largest absolute Gasteiger partial charge is 0.308 e. The summed E-state index contributed by atoms with van der Waals surface area (Å²) in [5, 5.41) is 12.3. The van der Waals surface area contributed by atoms with Crippen molar-refractivity contribution >= 4 is 0 Å². The van der Waals surface area contributed by atoms with E-state index >= 15 is 0 Å². The molecule has 0 aliphatic heterocycles. The highest BCUT2D eigenvalue weighted by atomic mass is 15.3. The van der Waals surface area contributed by atoms with Gasteiger partial charge in [0.25, 0.3) is 0 Å². The Bertz CT molecular complexity index is 551. The summed E-state index contributed by atoms with van der Waals surface area (Å²) in [6, 6.07) is 0.631. The van der Waals surface area contributed by atoms with E-state index in [4.69, 9.17) is 0 Å². The Hall–Kier alpha value is -1.62. The number of aryl methyl sites for hydroxylation is 1. The first-order valence-electron chi connectivity index (χ1n) is 8.10. The summed E-state index contributed by atoms with van der Waals surface area (Å²) in [6.45, 7) is 4.89. The van der Waals surface area contributed by atoms with Crippen molar-refractivity contribution in [2.75, 3.05) is 0 Å². The molecule has 0 amide bonds. The molecular formula is C16H25N5. The Morgan fingerprint density at radius 1 is 1.10 bits per heavy atom. The van der Waals surface area contributed by atoms with Crippen molar-refractivity contribution in [2.45, 2.75) is 64.7 Å². The van der Waals surface area contributed by atoms with Gasteiger partial charge in [-0.3, -0.25) is 9.36 Å². The lowest BCUT2D eigenvalue weighted by Crippen LogP contribution is -2.12. The number of rotatable bonds is 7. The topological polar surface area (TPSA) is 47.7 Å². The van der Waals surface area contributed by atoms with Crippen molar-refractivity contribution in [3.05, 3.63) is 35.9 Å². The summed E-state index contributed by atoms with van der Waals surface area (Å²) >= 11 is 0. The van der Waals surface area contributed by atoms with E-state index in [2.05, 4.69) is 39.5 Å². The molecule has 1 aliphatic rings. The Labute approximate surface area is 126 Å². The number of hydrogen-bond donors (Lipinski definition) is 1. The lowest BCUT2D eigenvalue weighted by molar-refractivity contribution is 0.466. The van der Waals surface area contributed by atoms with E-state index in [1.807, 2.05) is 17.1 Å². The quantitative estimate of drug-likeness (QED) is 0.852. The van der Waals surface area contributed by atoms with Gasteiger partial charge in [-0.1, -0.05) is 19.8 Å². The average Bonchev–Trinajstić information content (AvgIpc) is 3.20. The van der Waals surface area contributed by atoms with Gasteiger partial charge < -0.3 is 5.32 Å². The Morgan fingerprint density at radius 3 is 2.57 bits per heavy atom. The lowest BCUT2D eigenvalue weighted by Gasteiger charge is -2.08. The van der Waals surface area contributed by atoms with Gasteiger partial charge in [-0.25, -0.2) is 0 Å². The molecule has 0 spiro atoms. The van der Waals surface area contributed by atoms with Gasteiger partial charge in [0, 0.05) is 43.2 Å². The van der Waals surface area contributed by atoms with E-state index in [-0.39, 0.29) is 0 Å². The minimum absolute atomic E-state index is 0.631. The molecule has 0 aromatic carbocycles. The highest BCUT2D eigenvalue weighted by Gasteiger charge is 2.17. The van der Waals surface area contributed by atoms with Crippen LogP contribution in [-0.2, 0) is 19.6 Å². The van der Waals surface area contributed by atoms with E-state index in [1.165, 1.54) is 36.8 Å². The molecule has 2 aromatic heterocycles. The molecule has 0 saturated heterocycles. The van der Waals surface area contributed by atoms with Crippen LogP contribution in [0, 0.1) is 0 Å². The smallest absolute Gasteiger partial charge is 0.0534 e. The first-order chi connectivity index (χ1) is 10.3. The maximum Gasteiger partial charge on any atom is 0.0534 e. The molecule has 5 nitrogen and oxygen atoms in total. The van der Waals surface area contributed by atoms with Crippen molar-refractivity contribution in [2.24, 2.45) is 0 Å². The van der Waals surface area contributed by atoms with Crippen molar-refractivity contribution in [3.8, 4) is 0 Å². The lowest BCUT2D eigenvalue weighted by atomic mass is 10.2. The fraction of sp³-hybridized carbons (Fsp3) is 0.625. The summed E-state index contributed by atoms with van der Waals surface area (Å²) in [7, 11) is 0. The van der Waals surface area contributed by atoms with E-state index in [0.29, 0.717) is 6.04 Å². The molecule has 1 N–H and O–H groups in total. The van der Waals surface area contributed by atoms with Gasteiger partial charge in [0.2, 0.25) is 0 Å². The minimum atomic E-state index is 0.631. The predicted molar refractivity (Wildman–Crippen MR) is 82.8 cm³/mol. The SMILES string of the molecule is CCCn1cc(CNCc2cnn(C3CCCC3)c2)cn1. The Morgan fingerprint density at radius 2 is 1.81 bits per heavy atom. The van der Waals surface area contributed by atoms with Crippen LogP contribution in [0.1, 0.15) is 56.2 Å². The number of nitrogens with one attached hydrogen (secondary N) is 1. The second kappa shape index (κ2) is 6.89. The predicted octanol–water partition coefficient (Wildman–Crippen LogP) is 2.89. The van der Waals surface area contributed by atoms with Crippen LogP contribution in [0.2, 0.25) is 0 Å². The molecule has 5 heteroatoms. The molecule has 114 valence electrons. The van der Waals surface area contributed by atoms with Crippen molar-refractivity contribution < 1.29 is 0 Å². The normalized spacial score (nSPS) is 15.9. The van der Waals surface area contributed by atoms with Crippen molar-refractivity contribution in [3.63, 3.8) is 0 Å². The zero-order chi connectivity index (χ0) is 14.5. The third kappa shape index (κ3) is 3.73. The molecule has 2 aromatic rings. The monoisotopic (exact) mass is 287 g/mol. The second-order valence-corrected chi connectivity index (χ2v) is 5.98. The maximum atomic E-state index is 4.51. The van der Waals surface area contributed by atoms with E-state index in [0.717, 1.165) is 26.1 Å². The van der Waals surface area contributed by atoms with Crippen LogP contribution in [0.5, 0.6) is 0 Å². The van der Waals surface area contributed by atoms with E-state index < -0.39 is 0 Å². The van der Waals surface area contributed by atoms with Crippen LogP contribution < -0.4 is 5.32 Å². The molecule has 2 heterocycles. The van der Waals surface area contributed by atoms with Gasteiger partial charge in [-0.05, 0) is 19.3 Å². The molecule has 3 rings (SSSR count). The Balaban J connectivity index is 1.46. The molecular weight excluding hydrogens is 262 g/mol. The van der Waals surface area contributed by atoms with Crippen LogP contribution in [0.3, 0.4) is 0 Å². The van der Waals surface area contributed by atoms with Gasteiger partial charge in [0.1, 0.15) is 0 Å². The molecule has 1 aliphatic carbocycles. The average molecular weight is 287 g/mol. The zero-order valence-corrected chi connectivity index (χ0v) is 12.8. The third-order valence-electron chi connectivity index (χ3n) is 4.15. The van der Waals surface area contributed by atoms with E-state index in [9.17, 15) is 0 Å². The highest BCUT2D eigenvalue weighted by Crippen LogP contribution is 2.28. The summed E-state index contributed by atoms with van der Waals surface area (Å²) in [5.74, 6) is 0. The fourth-order valence-electron chi connectivity index (χ4n) is 3.04. The first kappa shape index (κ1) is 14.3. The van der Waals surface area contributed by atoms with Crippen LogP contribution >= 0.6 is 0 Å². The minimum Gasteiger partial charge on any atom is -0.308 e. The summed E-state index contributed by atoms with van der Waals surface area (Å²) < 4.78 is 4.17.